The van der Waals surface area contributed by atoms with E-state index in [-0.39, 0.29) is 24.0 Å². The summed E-state index contributed by atoms with van der Waals surface area (Å²) in [4.78, 5) is 4.57. The Hall–Kier alpha value is -2.04. The molecule has 1 aromatic carbocycles. The number of nitrogens with zero attached hydrogens (tertiary/aromatic N) is 4. The monoisotopic (exact) mass is 474 g/mol. The molecule has 0 fully saturated rings. The van der Waals surface area contributed by atoms with Crippen LogP contribution in [-0.4, -0.2) is 41.0 Å². The zero-order valence-corrected chi connectivity index (χ0v) is 18.2. The standard InChI is InChI=1S/C17H26N6O2.HI/c1-6-18-17(19-11-16-22-21-12(3)23(16)4)20-13-8-9-14(24-5)15(10-13)25-7-2;/h8-10H,6-7,11H2,1-5H3,(H2,18,19,20);1H. The van der Waals surface area contributed by atoms with Gasteiger partial charge in [-0.1, -0.05) is 0 Å². The van der Waals surface area contributed by atoms with Gasteiger partial charge in [-0.05, 0) is 32.9 Å². The number of hydrogen-bond acceptors (Lipinski definition) is 5. The summed E-state index contributed by atoms with van der Waals surface area (Å²) >= 11 is 0. The number of ether oxygens (including phenoxy) is 2. The molecule has 0 saturated heterocycles. The van der Waals surface area contributed by atoms with E-state index in [9.17, 15) is 0 Å². The normalized spacial score (nSPS) is 10.9. The lowest BCUT2D eigenvalue weighted by Gasteiger charge is -2.14. The third kappa shape index (κ3) is 5.75. The summed E-state index contributed by atoms with van der Waals surface area (Å²) in [5, 5.41) is 14.7. The van der Waals surface area contributed by atoms with Gasteiger partial charge in [-0.25, -0.2) is 4.99 Å². The van der Waals surface area contributed by atoms with E-state index in [1.165, 1.54) is 0 Å². The first-order valence-corrected chi connectivity index (χ1v) is 8.30. The van der Waals surface area contributed by atoms with Crippen LogP contribution in [0.4, 0.5) is 5.69 Å². The van der Waals surface area contributed by atoms with Crippen LogP contribution in [0.25, 0.3) is 0 Å². The Labute approximate surface area is 171 Å². The van der Waals surface area contributed by atoms with Gasteiger partial charge in [-0.2, -0.15) is 0 Å². The van der Waals surface area contributed by atoms with Crippen molar-refractivity contribution in [2.75, 3.05) is 25.6 Å². The predicted octanol–water partition coefficient (Wildman–Crippen LogP) is 2.73. The van der Waals surface area contributed by atoms with Crippen LogP contribution >= 0.6 is 24.0 Å². The first-order chi connectivity index (χ1) is 12.1. The third-order valence-corrected chi connectivity index (χ3v) is 3.63. The highest BCUT2D eigenvalue weighted by Crippen LogP contribution is 2.30. The zero-order valence-electron chi connectivity index (χ0n) is 15.9. The second kappa shape index (κ2) is 10.8. The van der Waals surface area contributed by atoms with Gasteiger partial charge in [-0.15, -0.1) is 34.2 Å². The number of rotatable bonds is 7. The SMILES string of the molecule is CCNC(=NCc1nnc(C)n1C)Nc1ccc(OC)c(OCC)c1.I. The summed E-state index contributed by atoms with van der Waals surface area (Å²) in [6.07, 6.45) is 0. The number of aromatic nitrogens is 3. The number of halogens is 1. The molecule has 26 heavy (non-hydrogen) atoms. The van der Waals surface area contributed by atoms with E-state index in [2.05, 4.69) is 25.8 Å². The Morgan fingerprint density at radius 3 is 2.58 bits per heavy atom. The van der Waals surface area contributed by atoms with Crippen molar-refractivity contribution >= 4 is 35.6 Å². The van der Waals surface area contributed by atoms with Gasteiger partial charge in [0.2, 0.25) is 0 Å². The van der Waals surface area contributed by atoms with Crippen LogP contribution in [0.3, 0.4) is 0 Å². The van der Waals surface area contributed by atoms with Crippen LogP contribution in [0, 0.1) is 6.92 Å². The predicted molar refractivity (Wildman–Crippen MR) is 114 cm³/mol. The van der Waals surface area contributed by atoms with Gasteiger partial charge in [0.25, 0.3) is 0 Å². The Morgan fingerprint density at radius 2 is 2.00 bits per heavy atom. The largest absolute Gasteiger partial charge is 0.493 e. The van der Waals surface area contributed by atoms with Crippen LogP contribution < -0.4 is 20.1 Å². The lowest BCUT2D eigenvalue weighted by atomic mass is 10.2. The molecule has 0 aliphatic heterocycles. The fourth-order valence-corrected chi connectivity index (χ4v) is 2.21. The molecule has 144 valence electrons. The maximum atomic E-state index is 5.61. The number of methoxy groups -OCH3 is 1. The van der Waals surface area contributed by atoms with Crippen LogP contribution in [0.1, 0.15) is 25.5 Å². The fourth-order valence-electron chi connectivity index (χ4n) is 2.21. The highest BCUT2D eigenvalue weighted by Gasteiger charge is 2.08. The molecule has 0 amide bonds. The lowest BCUT2D eigenvalue weighted by Crippen LogP contribution is -2.30. The summed E-state index contributed by atoms with van der Waals surface area (Å²) < 4.78 is 12.8. The molecule has 1 heterocycles. The van der Waals surface area contributed by atoms with E-state index < -0.39 is 0 Å². The molecule has 2 rings (SSSR count). The van der Waals surface area contributed by atoms with Crippen molar-refractivity contribution < 1.29 is 9.47 Å². The topological polar surface area (TPSA) is 85.6 Å². The Kier molecular flexibility index (Phi) is 9.17. The molecule has 0 aliphatic carbocycles. The average molecular weight is 474 g/mol. The van der Waals surface area contributed by atoms with Crippen molar-refractivity contribution in [3.8, 4) is 11.5 Å². The van der Waals surface area contributed by atoms with E-state index in [0.29, 0.717) is 30.6 Å². The minimum Gasteiger partial charge on any atom is -0.493 e. The number of aryl methyl sites for hydroxylation is 1. The molecule has 0 unspecified atom stereocenters. The number of anilines is 1. The molecule has 0 spiro atoms. The van der Waals surface area contributed by atoms with Gasteiger partial charge in [-0.3, -0.25) is 0 Å². The molecule has 0 saturated carbocycles. The summed E-state index contributed by atoms with van der Waals surface area (Å²) in [7, 11) is 3.55. The Balaban J connectivity index is 0.00000338. The van der Waals surface area contributed by atoms with Gasteiger partial charge in [0.1, 0.15) is 12.4 Å². The number of hydrogen-bond donors (Lipinski definition) is 2. The molecular weight excluding hydrogens is 447 g/mol. The maximum absolute atomic E-state index is 5.61. The molecule has 1 aromatic heterocycles. The molecular formula is C17H27IN6O2. The molecule has 0 aliphatic rings. The van der Waals surface area contributed by atoms with Gasteiger partial charge >= 0.3 is 0 Å². The second-order valence-electron chi connectivity index (χ2n) is 5.34. The lowest BCUT2D eigenvalue weighted by molar-refractivity contribution is 0.311. The minimum atomic E-state index is 0. The highest BCUT2D eigenvalue weighted by molar-refractivity contribution is 14.0. The van der Waals surface area contributed by atoms with E-state index in [4.69, 9.17) is 9.47 Å². The van der Waals surface area contributed by atoms with Crippen molar-refractivity contribution in [3.63, 3.8) is 0 Å². The summed E-state index contributed by atoms with van der Waals surface area (Å²) in [6, 6.07) is 5.67. The second-order valence-corrected chi connectivity index (χ2v) is 5.34. The van der Waals surface area contributed by atoms with Crippen molar-refractivity contribution in [2.24, 2.45) is 12.0 Å². The van der Waals surface area contributed by atoms with E-state index in [1.807, 2.05) is 50.6 Å². The third-order valence-electron chi connectivity index (χ3n) is 3.63. The van der Waals surface area contributed by atoms with Crippen molar-refractivity contribution in [1.29, 1.82) is 0 Å². The average Bonchev–Trinajstić information content (AvgIpc) is 2.92. The van der Waals surface area contributed by atoms with Crippen molar-refractivity contribution in [2.45, 2.75) is 27.3 Å². The van der Waals surface area contributed by atoms with Gasteiger partial charge in [0, 0.05) is 25.3 Å². The minimum absolute atomic E-state index is 0. The molecule has 8 nitrogen and oxygen atoms in total. The number of guanidine groups is 1. The van der Waals surface area contributed by atoms with Crippen LogP contribution in [-0.2, 0) is 13.6 Å². The molecule has 2 N–H and O–H groups in total. The number of benzene rings is 1. The summed E-state index contributed by atoms with van der Waals surface area (Å²) in [5.74, 6) is 3.72. The van der Waals surface area contributed by atoms with Crippen molar-refractivity contribution in [3.05, 3.63) is 29.8 Å². The molecule has 0 radical (unpaired) electrons. The highest BCUT2D eigenvalue weighted by atomic mass is 127. The van der Waals surface area contributed by atoms with E-state index in [0.717, 1.165) is 23.9 Å². The van der Waals surface area contributed by atoms with Crippen LogP contribution in [0.5, 0.6) is 11.5 Å². The first kappa shape index (κ1) is 22.0. The van der Waals surface area contributed by atoms with Crippen molar-refractivity contribution in [1.82, 2.24) is 20.1 Å². The van der Waals surface area contributed by atoms with Crippen LogP contribution in [0.15, 0.2) is 23.2 Å². The number of aliphatic imine (C=N–C) groups is 1. The molecule has 9 heteroatoms. The number of nitrogens with one attached hydrogen (secondary N) is 2. The molecule has 0 atom stereocenters. The molecule has 0 bridgehead atoms. The zero-order chi connectivity index (χ0) is 18.2. The van der Waals surface area contributed by atoms with E-state index in [1.54, 1.807) is 7.11 Å². The quantitative estimate of drug-likeness (QED) is 0.365. The fraction of sp³-hybridized carbons (Fsp3) is 0.471. The Bertz CT molecular complexity index is 732. The molecule has 2 aromatic rings. The summed E-state index contributed by atoms with van der Waals surface area (Å²) in [6.45, 7) is 7.62. The van der Waals surface area contributed by atoms with Gasteiger partial charge in [0.05, 0.1) is 13.7 Å². The Morgan fingerprint density at radius 1 is 1.23 bits per heavy atom. The first-order valence-electron chi connectivity index (χ1n) is 8.30. The van der Waals surface area contributed by atoms with Gasteiger partial charge in [0.15, 0.2) is 23.3 Å². The van der Waals surface area contributed by atoms with Crippen LogP contribution in [0.2, 0.25) is 0 Å². The van der Waals surface area contributed by atoms with Gasteiger partial charge < -0.3 is 24.7 Å². The van der Waals surface area contributed by atoms with E-state index >= 15 is 0 Å². The summed E-state index contributed by atoms with van der Waals surface area (Å²) in [5.41, 5.74) is 0.859. The smallest absolute Gasteiger partial charge is 0.196 e. The maximum Gasteiger partial charge on any atom is 0.196 e.